The summed E-state index contributed by atoms with van der Waals surface area (Å²) in [6.45, 7) is 0.326. The molecule has 1 aliphatic heterocycles. The fourth-order valence-electron chi connectivity index (χ4n) is 3.48. The zero-order chi connectivity index (χ0) is 19.1. The van der Waals surface area contributed by atoms with Crippen molar-refractivity contribution in [3.8, 4) is 11.4 Å². The SMILES string of the molecule is FC1(F)CNC(c2nc(-c3ccc(Cn4cnc5ccccc54)cc3)no2)C1. The first kappa shape index (κ1) is 17.0. The van der Waals surface area contributed by atoms with Crippen LogP contribution >= 0.6 is 0 Å². The number of halogens is 2. The molecule has 28 heavy (non-hydrogen) atoms. The second-order valence-electron chi connectivity index (χ2n) is 7.01. The van der Waals surface area contributed by atoms with Gasteiger partial charge in [-0.2, -0.15) is 4.98 Å². The highest BCUT2D eigenvalue weighted by molar-refractivity contribution is 5.75. The van der Waals surface area contributed by atoms with Gasteiger partial charge < -0.3 is 9.09 Å². The van der Waals surface area contributed by atoms with Gasteiger partial charge in [-0.25, -0.2) is 13.8 Å². The molecular formula is C20H17F2N5O. The Hall–Kier alpha value is -3.13. The highest BCUT2D eigenvalue weighted by Gasteiger charge is 2.42. The van der Waals surface area contributed by atoms with Crippen LogP contribution < -0.4 is 5.32 Å². The Kier molecular flexibility index (Phi) is 3.94. The molecule has 0 radical (unpaired) electrons. The van der Waals surface area contributed by atoms with Crippen molar-refractivity contribution < 1.29 is 13.3 Å². The Labute approximate surface area is 159 Å². The largest absolute Gasteiger partial charge is 0.337 e. The number of aromatic nitrogens is 4. The van der Waals surface area contributed by atoms with E-state index in [1.165, 1.54) is 0 Å². The molecule has 0 spiro atoms. The van der Waals surface area contributed by atoms with E-state index in [1.807, 2.05) is 54.9 Å². The Morgan fingerprint density at radius 2 is 1.96 bits per heavy atom. The van der Waals surface area contributed by atoms with Crippen molar-refractivity contribution >= 4 is 11.0 Å². The summed E-state index contributed by atoms with van der Waals surface area (Å²) in [6.07, 6.45) is 1.50. The molecule has 2 aromatic carbocycles. The first-order valence-electron chi connectivity index (χ1n) is 9.01. The monoisotopic (exact) mass is 381 g/mol. The normalized spacial score (nSPS) is 18.7. The number of fused-ring (bicyclic) bond motifs is 1. The predicted octanol–water partition coefficient (Wildman–Crippen LogP) is 3.80. The van der Waals surface area contributed by atoms with E-state index in [0.717, 1.165) is 22.2 Å². The van der Waals surface area contributed by atoms with Crippen molar-refractivity contribution in [1.82, 2.24) is 25.0 Å². The topological polar surface area (TPSA) is 68.8 Å². The highest BCUT2D eigenvalue weighted by Crippen LogP contribution is 2.33. The standard InChI is InChI=1S/C20H17F2N5O/c21-20(22)9-16(23-11-20)19-25-18(26-28-19)14-7-5-13(6-8-14)10-27-12-24-15-3-1-2-4-17(15)27/h1-8,12,16,23H,9-11H2. The number of para-hydroxylation sites is 2. The van der Waals surface area contributed by atoms with Crippen molar-refractivity contribution in [2.24, 2.45) is 0 Å². The molecule has 0 bridgehead atoms. The van der Waals surface area contributed by atoms with Crippen molar-refractivity contribution in [2.75, 3.05) is 6.54 Å². The maximum Gasteiger partial charge on any atom is 0.262 e. The van der Waals surface area contributed by atoms with E-state index < -0.39 is 12.0 Å². The molecule has 5 rings (SSSR count). The van der Waals surface area contributed by atoms with Gasteiger partial charge in [-0.15, -0.1) is 0 Å². The summed E-state index contributed by atoms with van der Waals surface area (Å²) in [5.41, 5.74) is 3.92. The third kappa shape index (κ3) is 3.16. The third-order valence-electron chi connectivity index (χ3n) is 4.94. The van der Waals surface area contributed by atoms with Crippen LogP contribution in [-0.4, -0.2) is 32.2 Å². The molecule has 8 heteroatoms. The van der Waals surface area contributed by atoms with Crippen LogP contribution in [-0.2, 0) is 6.54 Å². The van der Waals surface area contributed by atoms with Crippen LogP contribution in [0.4, 0.5) is 8.78 Å². The lowest BCUT2D eigenvalue weighted by Gasteiger charge is -2.05. The second kappa shape index (κ2) is 6.49. The van der Waals surface area contributed by atoms with E-state index in [9.17, 15) is 8.78 Å². The maximum atomic E-state index is 13.3. The zero-order valence-corrected chi connectivity index (χ0v) is 14.8. The van der Waals surface area contributed by atoms with Crippen molar-refractivity contribution in [3.63, 3.8) is 0 Å². The number of benzene rings is 2. The van der Waals surface area contributed by atoms with Crippen LogP contribution in [0.1, 0.15) is 23.9 Å². The van der Waals surface area contributed by atoms with Gasteiger partial charge in [0, 0.05) is 18.5 Å². The Bertz CT molecular complexity index is 1120. The smallest absolute Gasteiger partial charge is 0.262 e. The molecule has 3 heterocycles. The second-order valence-corrected chi connectivity index (χ2v) is 7.01. The summed E-state index contributed by atoms with van der Waals surface area (Å²) in [5, 5.41) is 6.66. The van der Waals surface area contributed by atoms with Gasteiger partial charge in [0.15, 0.2) is 0 Å². The molecule has 1 unspecified atom stereocenters. The first-order chi connectivity index (χ1) is 13.6. The van der Waals surface area contributed by atoms with Crippen molar-refractivity contribution in [2.45, 2.75) is 24.9 Å². The molecule has 1 saturated heterocycles. The molecule has 1 N–H and O–H groups in total. The van der Waals surface area contributed by atoms with Gasteiger partial charge in [-0.1, -0.05) is 41.6 Å². The van der Waals surface area contributed by atoms with Gasteiger partial charge in [0.2, 0.25) is 11.7 Å². The number of nitrogens with zero attached hydrogens (tertiary/aromatic N) is 4. The zero-order valence-electron chi connectivity index (χ0n) is 14.8. The summed E-state index contributed by atoms with van der Waals surface area (Å²) in [6, 6.07) is 15.2. The number of hydrogen-bond donors (Lipinski definition) is 1. The van der Waals surface area contributed by atoms with Gasteiger partial charge >= 0.3 is 0 Å². The molecule has 0 aliphatic carbocycles. The van der Waals surface area contributed by atoms with Crippen LogP contribution in [0, 0.1) is 0 Å². The third-order valence-corrected chi connectivity index (χ3v) is 4.94. The summed E-state index contributed by atoms with van der Waals surface area (Å²) in [4.78, 5) is 8.69. The minimum absolute atomic E-state index is 0.195. The molecule has 0 saturated carbocycles. The van der Waals surface area contributed by atoms with E-state index in [0.29, 0.717) is 12.4 Å². The lowest BCUT2D eigenvalue weighted by Crippen LogP contribution is -2.19. The molecular weight excluding hydrogens is 364 g/mol. The number of alkyl halides is 2. The molecule has 0 amide bonds. The van der Waals surface area contributed by atoms with E-state index in [-0.39, 0.29) is 18.9 Å². The van der Waals surface area contributed by atoms with Gasteiger partial charge in [-0.3, -0.25) is 5.32 Å². The number of rotatable bonds is 4. The van der Waals surface area contributed by atoms with E-state index in [4.69, 9.17) is 4.52 Å². The van der Waals surface area contributed by atoms with Crippen molar-refractivity contribution in [1.29, 1.82) is 0 Å². The van der Waals surface area contributed by atoms with E-state index in [1.54, 1.807) is 0 Å². The Morgan fingerprint density at radius 3 is 2.75 bits per heavy atom. The lowest BCUT2D eigenvalue weighted by atomic mass is 10.1. The molecule has 2 aromatic heterocycles. The van der Waals surface area contributed by atoms with E-state index in [2.05, 4.69) is 25.0 Å². The predicted molar refractivity (Wildman–Crippen MR) is 98.9 cm³/mol. The minimum atomic E-state index is -2.74. The average Bonchev–Trinajstić information content (AvgIpc) is 3.41. The van der Waals surface area contributed by atoms with Gasteiger partial charge in [-0.05, 0) is 17.7 Å². The van der Waals surface area contributed by atoms with Crippen LogP contribution in [0.3, 0.4) is 0 Å². The molecule has 142 valence electrons. The first-order valence-corrected chi connectivity index (χ1v) is 9.01. The van der Waals surface area contributed by atoms with E-state index >= 15 is 0 Å². The van der Waals surface area contributed by atoms with Gasteiger partial charge in [0.05, 0.1) is 29.9 Å². The van der Waals surface area contributed by atoms with Crippen LogP contribution in [0.5, 0.6) is 0 Å². The van der Waals surface area contributed by atoms with Crippen molar-refractivity contribution in [3.05, 3.63) is 66.3 Å². The quantitative estimate of drug-likeness (QED) is 0.582. The van der Waals surface area contributed by atoms with Gasteiger partial charge in [0.25, 0.3) is 5.92 Å². The van der Waals surface area contributed by atoms with Gasteiger partial charge in [0.1, 0.15) is 0 Å². The summed E-state index contributed by atoms with van der Waals surface area (Å²) >= 11 is 0. The summed E-state index contributed by atoms with van der Waals surface area (Å²) in [5.74, 6) is -2.15. The minimum Gasteiger partial charge on any atom is -0.337 e. The maximum absolute atomic E-state index is 13.3. The lowest BCUT2D eigenvalue weighted by molar-refractivity contribution is 0.0200. The number of imidazole rings is 1. The fourth-order valence-corrected chi connectivity index (χ4v) is 3.48. The fraction of sp³-hybridized carbons (Fsp3) is 0.250. The molecule has 1 aliphatic rings. The molecule has 6 nitrogen and oxygen atoms in total. The Balaban J connectivity index is 1.33. The molecule has 1 fully saturated rings. The Morgan fingerprint density at radius 1 is 1.14 bits per heavy atom. The van der Waals surface area contributed by atoms with Crippen LogP contribution in [0.25, 0.3) is 22.4 Å². The molecule has 4 aromatic rings. The number of nitrogens with one attached hydrogen (secondary N) is 1. The summed E-state index contributed by atoms with van der Waals surface area (Å²) in [7, 11) is 0. The van der Waals surface area contributed by atoms with Crippen LogP contribution in [0.15, 0.2) is 59.4 Å². The highest BCUT2D eigenvalue weighted by atomic mass is 19.3. The average molecular weight is 381 g/mol. The summed E-state index contributed by atoms with van der Waals surface area (Å²) < 4.78 is 34.0. The number of hydrogen-bond acceptors (Lipinski definition) is 5. The molecule has 1 atom stereocenters. The van der Waals surface area contributed by atoms with Crippen LogP contribution in [0.2, 0.25) is 0 Å².